The van der Waals surface area contributed by atoms with Crippen LogP contribution in [0.5, 0.6) is 5.75 Å². The lowest BCUT2D eigenvalue weighted by molar-refractivity contribution is -0.145. The lowest BCUT2D eigenvalue weighted by atomic mass is 10.0. The molecule has 6 heteroatoms. The number of fused-ring (bicyclic) bond motifs is 1. The lowest BCUT2D eigenvalue weighted by Crippen LogP contribution is -2.49. The van der Waals surface area contributed by atoms with E-state index in [-0.39, 0.29) is 24.9 Å². The first-order valence-corrected chi connectivity index (χ1v) is 6.58. The monoisotopic (exact) mass is 278 g/mol. The van der Waals surface area contributed by atoms with Gasteiger partial charge in [-0.3, -0.25) is 4.79 Å². The summed E-state index contributed by atoms with van der Waals surface area (Å²) in [6, 6.07) is 6.93. The van der Waals surface area contributed by atoms with Gasteiger partial charge in [-0.25, -0.2) is 4.79 Å². The van der Waals surface area contributed by atoms with E-state index < -0.39 is 12.1 Å². The number of aliphatic carboxylic acids is 1. The number of nitrogens with two attached hydrogens (primary N) is 1. The molecule has 1 aliphatic heterocycles. The number of para-hydroxylation sites is 2. The fourth-order valence-corrected chi connectivity index (χ4v) is 2.23. The summed E-state index contributed by atoms with van der Waals surface area (Å²) in [7, 11) is 0. The van der Waals surface area contributed by atoms with E-state index in [2.05, 4.69) is 0 Å². The molecule has 0 aromatic heterocycles. The summed E-state index contributed by atoms with van der Waals surface area (Å²) in [4.78, 5) is 25.1. The van der Waals surface area contributed by atoms with Crippen molar-refractivity contribution in [1.82, 2.24) is 0 Å². The lowest BCUT2D eigenvalue weighted by Gasteiger charge is -2.34. The highest BCUT2D eigenvalue weighted by Crippen LogP contribution is 2.34. The minimum atomic E-state index is -1.09. The van der Waals surface area contributed by atoms with Crippen LogP contribution in [0.2, 0.25) is 0 Å². The smallest absolute Gasteiger partial charge is 0.346 e. The first kappa shape index (κ1) is 14.3. The van der Waals surface area contributed by atoms with Gasteiger partial charge in [-0.1, -0.05) is 19.1 Å². The summed E-state index contributed by atoms with van der Waals surface area (Å²) in [6.07, 6.45) is -0.434. The van der Waals surface area contributed by atoms with Gasteiger partial charge in [0.1, 0.15) is 5.75 Å². The van der Waals surface area contributed by atoms with E-state index in [1.807, 2.05) is 6.92 Å². The van der Waals surface area contributed by atoms with Crippen LogP contribution in [0.1, 0.15) is 13.3 Å². The van der Waals surface area contributed by atoms with Crippen molar-refractivity contribution >= 4 is 17.6 Å². The first-order chi connectivity index (χ1) is 9.58. The molecule has 0 radical (unpaired) electrons. The standard InChI is InChI=1S/C14H18N2O4/c1-2-9(7-15)13(17)16-8-12(14(18)19)20-11-6-4-3-5-10(11)16/h3-6,9,12H,2,7-8,15H2,1H3,(H,18,19). The fourth-order valence-electron chi connectivity index (χ4n) is 2.23. The molecule has 2 rings (SSSR count). The van der Waals surface area contributed by atoms with Crippen molar-refractivity contribution < 1.29 is 19.4 Å². The molecule has 108 valence electrons. The third-order valence-corrected chi connectivity index (χ3v) is 3.44. The number of amides is 1. The number of nitrogens with zero attached hydrogens (tertiary/aromatic N) is 1. The van der Waals surface area contributed by atoms with Crippen molar-refractivity contribution in [2.75, 3.05) is 18.0 Å². The number of carboxylic acids is 1. The van der Waals surface area contributed by atoms with Crippen molar-refractivity contribution in [3.63, 3.8) is 0 Å². The van der Waals surface area contributed by atoms with Crippen molar-refractivity contribution in [3.05, 3.63) is 24.3 Å². The molecular formula is C14H18N2O4. The first-order valence-electron chi connectivity index (χ1n) is 6.58. The minimum absolute atomic E-state index is 0.00167. The highest BCUT2D eigenvalue weighted by molar-refractivity contribution is 5.98. The number of rotatable bonds is 4. The number of hydrogen-bond donors (Lipinski definition) is 2. The van der Waals surface area contributed by atoms with Gasteiger partial charge in [-0.15, -0.1) is 0 Å². The maximum absolute atomic E-state index is 12.5. The topological polar surface area (TPSA) is 92.9 Å². The Hall–Kier alpha value is -2.08. The molecule has 0 bridgehead atoms. The van der Waals surface area contributed by atoms with E-state index in [1.165, 1.54) is 4.90 Å². The molecule has 0 fully saturated rings. The van der Waals surface area contributed by atoms with Crippen molar-refractivity contribution in [3.8, 4) is 5.75 Å². The Balaban J connectivity index is 2.36. The van der Waals surface area contributed by atoms with Gasteiger partial charge in [0, 0.05) is 6.54 Å². The van der Waals surface area contributed by atoms with Crippen LogP contribution >= 0.6 is 0 Å². The van der Waals surface area contributed by atoms with Gasteiger partial charge in [0.15, 0.2) is 0 Å². The molecule has 1 heterocycles. The van der Waals surface area contributed by atoms with E-state index in [0.717, 1.165) is 0 Å². The number of ether oxygens (including phenoxy) is 1. The number of carboxylic acid groups (broad SMARTS) is 1. The van der Waals surface area contributed by atoms with Gasteiger partial charge >= 0.3 is 5.97 Å². The van der Waals surface area contributed by atoms with Crippen molar-refractivity contribution in [1.29, 1.82) is 0 Å². The van der Waals surface area contributed by atoms with Crippen LogP contribution < -0.4 is 15.4 Å². The predicted molar refractivity (Wildman–Crippen MR) is 73.7 cm³/mol. The molecule has 0 spiro atoms. The van der Waals surface area contributed by atoms with Crippen LogP contribution in [-0.2, 0) is 9.59 Å². The Kier molecular flexibility index (Phi) is 4.24. The molecule has 1 aliphatic rings. The molecule has 2 atom stereocenters. The van der Waals surface area contributed by atoms with Gasteiger partial charge < -0.3 is 20.5 Å². The number of carbonyl (C=O) groups is 2. The van der Waals surface area contributed by atoms with E-state index in [1.54, 1.807) is 24.3 Å². The number of carbonyl (C=O) groups excluding carboxylic acids is 1. The minimum Gasteiger partial charge on any atom is -0.478 e. The zero-order chi connectivity index (χ0) is 14.7. The third-order valence-electron chi connectivity index (χ3n) is 3.44. The maximum Gasteiger partial charge on any atom is 0.346 e. The van der Waals surface area contributed by atoms with Crippen LogP contribution in [0.3, 0.4) is 0 Å². The van der Waals surface area contributed by atoms with Crippen LogP contribution in [0.25, 0.3) is 0 Å². The quantitative estimate of drug-likeness (QED) is 0.851. The Morgan fingerprint density at radius 3 is 2.80 bits per heavy atom. The van der Waals surface area contributed by atoms with Gasteiger partial charge in [0.25, 0.3) is 0 Å². The summed E-state index contributed by atoms with van der Waals surface area (Å²) in [6.45, 7) is 2.13. The van der Waals surface area contributed by atoms with E-state index in [0.29, 0.717) is 17.9 Å². The maximum atomic E-state index is 12.5. The molecule has 0 saturated carbocycles. The molecule has 3 N–H and O–H groups in total. The molecule has 0 aliphatic carbocycles. The van der Waals surface area contributed by atoms with E-state index in [4.69, 9.17) is 15.6 Å². The molecule has 1 aromatic rings. The van der Waals surface area contributed by atoms with Crippen LogP contribution in [0, 0.1) is 5.92 Å². The Morgan fingerprint density at radius 2 is 2.20 bits per heavy atom. The Bertz CT molecular complexity index is 514. The zero-order valence-corrected chi connectivity index (χ0v) is 11.3. The molecule has 6 nitrogen and oxygen atoms in total. The van der Waals surface area contributed by atoms with Gasteiger partial charge in [-0.05, 0) is 18.6 Å². The zero-order valence-electron chi connectivity index (χ0n) is 11.3. The van der Waals surface area contributed by atoms with Crippen LogP contribution in [-0.4, -0.2) is 36.2 Å². The van der Waals surface area contributed by atoms with E-state index in [9.17, 15) is 9.59 Å². The van der Waals surface area contributed by atoms with Crippen molar-refractivity contribution in [2.45, 2.75) is 19.4 Å². The normalized spacial score (nSPS) is 18.9. The Labute approximate surface area is 117 Å². The second-order valence-corrected chi connectivity index (χ2v) is 4.70. The van der Waals surface area contributed by atoms with Gasteiger partial charge in [0.05, 0.1) is 18.2 Å². The highest BCUT2D eigenvalue weighted by Gasteiger charge is 2.35. The summed E-state index contributed by atoms with van der Waals surface area (Å²) < 4.78 is 5.40. The molecule has 0 saturated heterocycles. The van der Waals surface area contributed by atoms with Crippen LogP contribution in [0.15, 0.2) is 24.3 Å². The molecular weight excluding hydrogens is 260 g/mol. The number of hydrogen-bond acceptors (Lipinski definition) is 4. The predicted octanol–water partition coefficient (Wildman–Crippen LogP) is 0.850. The van der Waals surface area contributed by atoms with E-state index >= 15 is 0 Å². The fraction of sp³-hybridized carbons (Fsp3) is 0.429. The SMILES string of the molecule is CCC(CN)C(=O)N1CC(C(=O)O)Oc2ccccc21. The average molecular weight is 278 g/mol. The number of anilines is 1. The molecule has 2 unspecified atom stereocenters. The summed E-state index contributed by atoms with van der Waals surface area (Å²) in [5, 5.41) is 9.13. The van der Waals surface area contributed by atoms with Crippen LogP contribution in [0.4, 0.5) is 5.69 Å². The molecule has 20 heavy (non-hydrogen) atoms. The largest absolute Gasteiger partial charge is 0.478 e. The second-order valence-electron chi connectivity index (χ2n) is 4.70. The molecule has 1 amide bonds. The second kappa shape index (κ2) is 5.92. The summed E-state index contributed by atoms with van der Waals surface area (Å²) in [5.74, 6) is -1.14. The Morgan fingerprint density at radius 1 is 1.50 bits per heavy atom. The average Bonchev–Trinajstić information content (AvgIpc) is 2.47. The van der Waals surface area contributed by atoms with Crippen molar-refractivity contribution in [2.24, 2.45) is 11.7 Å². The third kappa shape index (κ3) is 2.60. The highest BCUT2D eigenvalue weighted by atomic mass is 16.5. The number of benzene rings is 1. The summed E-state index contributed by atoms with van der Waals surface area (Å²) >= 11 is 0. The summed E-state index contributed by atoms with van der Waals surface area (Å²) in [5.41, 5.74) is 6.21. The van der Waals surface area contributed by atoms with Gasteiger partial charge in [0.2, 0.25) is 12.0 Å². The van der Waals surface area contributed by atoms with Gasteiger partial charge in [-0.2, -0.15) is 0 Å². The molecule has 1 aromatic carbocycles.